The number of imidazole rings is 1. The van der Waals surface area contributed by atoms with Crippen molar-refractivity contribution in [1.29, 1.82) is 0 Å². The first kappa shape index (κ1) is 15.5. The van der Waals surface area contributed by atoms with Crippen LogP contribution >= 0.6 is 0 Å². The fourth-order valence-corrected chi connectivity index (χ4v) is 1.88. The maximum atomic E-state index is 11.8. The highest BCUT2D eigenvalue weighted by molar-refractivity contribution is 5.68. The lowest BCUT2D eigenvalue weighted by molar-refractivity contribution is 0.0500. The minimum atomic E-state index is -0.480. The Kier molecular flexibility index (Phi) is 5.39. The van der Waals surface area contributed by atoms with Crippen LogP contribution in [0.3, 0.4) is 0 Å². The van der Waals surface area contributed by atoms with Crippen LogP contribution in [0.4, 0.5) is 4.79 Å². The molecule has 0 spiro atoms. The van der Waals surface area contributed by atoms with Crippen LogP contribution in [-0.4, -0.2) is 21.2 Å². The zero-order valence-electron chi connectivity index (χ0n) is 12.6. The summed E-state index contributed by atoms with van der Waals surface area (Å²) in [7, 11) is 0. The summed E-state index contributed by atoms with van der Waals surface area (Å²) >= 11 is 0. The number of rotatable bonds is 5. The molecule has 19 heavy (non-hydrogen) atoms. The van der Waals surface area contributed by atoms with E-state index in [0.717, 1.165) is 25.1 Å². The van der Waals surface area contributed by atoms with Crippen molar-refractivity contribution in [1.82, 2.24) is 14.9 Å². The Bertz CT molecular complexity index is 407. The SMILES string of the molecule is CCCn1cncc1[C@@H](CC)NC(=O)OC(C)(C)C. The summed E-state index contributed by atoms with van der Waals surface area (Å²) in [6.07, 6.45) is 5.06. The summed E-state index contributed by atoms with van der Waals surface area (Å²) < 4.78 is 7.36. The van der Waals surface area contributed by atoms with Gasteiger partial charge < -0.3 is 14.6 Å². The van der Waals surface area contributed by atoms with Gasteiger partial charge in [0.15, 0.2) is 0 Å². The maximum Gasteiger partial charge on any atom is 0.408 e. The molecule has 0 saturated heterocycles. The number of alkyl carbamates (subject to hydrolysis) is 1. The van der Waals surface area contributed by atoms with Crippen molar-refractivity contribution < 1.29 is 9.53 Å². The zero-order valence-corrected chi connectivity index (χ0v) is 12.6. The summed E-state index contributed by atoms with van der Waals surface area (Å²) in [6.45, 7) is 10.6. The summed E-state index contributed by atoms with van der Waals surface area (Å²) in [5.74, 6) is 0. The molecule has 1 atom stereocenters. The lowest BCUT2D eigenvalue weighted by Gasteiger charge is -2.23. The van der Waals surface area contributed by atoms with Gasteiger partial charge in [-0.15, -0.1) is 0 Å². The number of amides is 1. The van der Waals surface area contributed by atoms with Crippen LogP contribution in [0.25, 0.3) is 0 Å². The molecule has 1 heterocycles. The Balaban J connectivity index is 2.72. The predicted molar refractivity (Wildman–Crippen MR) is 74.9 cm³/mol. The third-order valence-corrected chi connectivity index (χ3v) is 2.67. The number of nitrogens with zero attached hydrogens (tertiary/aromatic N) is 2. The van der Waals surface area contributed by atoms with Crippen molar-refractivity contribution in [2.24, 2.45) is 0 Å². The average molecular weight is 267 g/mol. The smallest absolute Gasteiger partial charge is 0.408 e. The fourth-order valence-electron chi connectivity index (χ4n) is 1.88. The fraction of sp³-hybridized carbons (Fsp3) is 0.714. The van der Waals surface area contributed by atoms with Gasteiger partial charge in [-0.1, -0.05) is 13.8 Å². The molecule has 0 saturated carbocycles. The van der Waals surface area contributed by atoms with Gasteiger partial charge in [0.1, 0.15) is 5.60 Å². The van der Waals surface area contributed by atoms with Gasteiger partial charge in [0.25, 0.3) is 0 Å². The zero-order chi connectivity index (χ0) is 14.5. The molecule has 0 bridgehead atoms. The number of ether oxygens (including phenoxy) is 1. The topological polar surface area (TPSA) is 56.2 Å². The molecule has 5 heteroatoms. The second-order valence-electron chi connectivity index (χ2n) is 5.62. The first-order valence-electron chi connectivity index (χ1n) is 6.87. The second-order valence-corrected chi connectivity index (χ2v) is 5.62. The highest BCUT2D eigenvalue weighted by Crippen LogP contribution is 2.17. The Morgan fingerprint density at radius 1 is 1.47 bits per heavy atom. The van der Waals surface area contributed by atoms with Crippen molar-refractivity contribution in [3.8, 4) is 0 Å². The minimum absolute atomic E-state index is 0.0658. The third-order valence-electron chi connectivity index (χ3n) is 2.67. The summed E-state index contributed by atoms with van der Waals surface area (Å²) in [5.41, 5.74) is 0.543. The van der Waals surface area contributed by atoms with E-state index in [9.17, 15) is 4.79 Å². The molecule has 0 aliphatic carbocycles. The normalized spacial score (nSPS) is 13.1. The van der Waals surface area contributed by atoms with Crippen molar-refractivity contribution in [3.05, 3.63) is 18.2 Å². The van der Waals surface area contributed by atoms with Gasteiger partial charge in [0.2, 0.25) is 0 Å². The first-order valence-corrected chi connectivity index (χ1v) is 6.87. The van der Waals surface area contributed by atoms with Gasteiger partial charge in [0.05, 0.1) is 24.3 Å². The summed E-state index contributed by atoms with van der Waals surface area (Å²) in [6, 6.07) is -0.0658. The Hall–Kier alpha value is -1.52. The van der Waals surface area contributed by atoms with Crippen LogP contribution in [0.15, 0.2) is 12.5 Å². The van der Waals surface area contributed by atoms with Gasteiger partial charge in [0, 0.05) is 6.54 Å². The third kappa shape index (κ3) is 4.93. The van der Waals surface area contributed by atoms with E-state index in [0.29, 0.717) is 0 Å². The molecule has 5 nitrogen and oxygen atoms in total. The second kappa shape index (κ2) is 6.59. The van der Waals surface area contributed by atoms with E-state index in [-0.39, 0.29) is 12.1 Å². The van der Waals surface area contributed by atoms with Crippen LogP contribution in [0.5, 0.6) is 0 Å². The van der Waals surface area contributed by atoms with Gasteiger partial charge >= 0.3 is 6.09 Å². The molecule has 1 N–H and O–H groups in total. The van der Waals surface area contributed by atoms with E-state index in [1.54, 1.807) is 12.5 Å². The highest BCUT2D eigenvalue weighted by atomic mass is 16.6. The minimum Gasteiger partial charge on any atom is -0.444 e. The molecule has 0 aliphatic heterocycles. The van der Waals surface area contributed by atoms with Gasteiger partial charge in [-0.3, -0.25) is 0 Å². The standard InChI is InChI=1S/C14H25N3O2/c1-6-8-17-10-15-9-12(17)11(7-2)16-13(18)19-14(3,4)5/h9-11H,6-8H2,1-5H3,(H,16,18)/t11-/m1/s1. The molecule has 1 amide bonds. The van der Waals surface area contributed by atoms with E-state index in [2.05, 4.69) is 21.8 Å². The monoisotopic (exact) mass is 267 g/mol. The molecule has 0 aromatic carbocycles. The van der Waals surface area contributed by atoms with E-state index >= 15 is 0 Å². The predicted octanol–water partition coefficient (Wildman–Crippen LogP) is 3.27. The summed E-state index contributed by atoms with van der Waals surface area (Å²) in [4.78, 5) is 16.0. The van der Waals surface area contributed by atoms with Crippen LogP contribution in [-0.2, 0) is 11.3 Å². The molecule has 1 aromatic heterocycles. The number of aryl methyl sites for hydroxylation is 1. The first-order chi connectivity index (χ1) is 8.87. The quantitative estimate of drug-likeness (QED) is 0.890. The molecule has 0 fully saturated rings. The maximum absolute atomic E-state index is 11.8. The van der Waals surface area contributed by atoms with E-state index < -0.39 is 5.60 Å². The van der Waals surface area contributed by atoms with Crippen molar-refractivity contribution in [2.45, 2.75) is 65.6 Å². The van der Waals surface area contributed by atoms with E-state index in [1.165, 1.54) is 0 Å². The molecule has 0 unspecified atom stereocenters. The molecule has 0 radical (unpaired) electrons. The molecule has 1 aromatic rings. The van der Waals surface area contributed by atoms with Crippen LogP contribution in [0, 0.1) is 0 Å². The lowest BCUT2D eigenvalue weighted by atomic mass is 10.1. The number of hydrogen-bond donors (Lipinski definition) is 1. The number of aromatic nitrogens is 2. The average Bonchev–Trinajstić information content (AvgIpc) is 2.72. The number of carbonyl (C=O) groups is 1. The van der Waals surface area contributed by atoms with E-state index in [4.69, 9.17) is 4.74 Å². The van der Waals surface area contributed by atoms with Gasteiger partial charge in [-0.05, 0) is 33.6 Å². The molecule has 0 aliphatic rings. The molecular formula is C14H25N3O2. The molecular weight excluding hydrogens is 242 g/mol. The van der Waals surface area contributed by atoms with Gasteiger partial charge in [-0.2, -0.15) is 0 Å². The molecule has 1 rings (SSSR count). The number of hydrogen-bond acceptors (Lipinski definition) is 3. The van der Waals surface area contributed by atoms with Gasteiger partial charge in [-0.25, -0.2) is 9.78 Å². The van der Waals surface area contributed by atoms with Crippen LogP contribution in [0.2, 0.25) is 0 Å². The Labute approximate surface area is 115 Å². The number of carbonyl (C=O) groups excluding carboxylic acids is 1. The van der Waals surface area contributed by atoms with Crippen LogP contribution < -0.4 is 5.32 Å². The Morgan fingerprint density at radius 2 is 2.16 bits per heavy atom. The van der Waals surface area contributed by atoms with Crippen molar-refractivity contribution in [2.75, 3.05) is 0 Å². The van der Waals surface area contributed by atoms with Crippen molar-refractivity contribution in [3.63, 3.8) is 0 Å². The largest absolute Gasteiger partial charge is 0.444 e. The van der Waals surface area contributed by atoms with Crippen molar-refractivity contribution >= 4 is 6.09 Å². The highest BCUT2D eigenvalue weighted by Gasteiger charge is 2.21. The Morgan fingerprint density at radius 3 is 2.68 bits per heavy atom. The molecule has 108 valence electrons. The van der Waals surface area contributed by atoms with Crippen LogP contribution in [0.1, 0.15) is 59.2 Å². The lowest BCUT2D eigenvalue weighted by Crippen LogP contribution is -2.35. The number of nitrogens with one attached hydrogen (secondary N) is 1. The summed E-state index contributed by atoms with van der Waals surface area (Å²) in [5, 5.41) is 2.90. The van der Waals surface area contributed by atoms with E-state index in [1.807, 2.05) is 27.7 Å².